The quantitative estimate of drug-likeness (QED) is 0.652. The number of hydrogen-bond acceptors (Lipinski definition) is 6. The Hall–Kier alpha value is -2.32. The van der Waals surface area contributed by atoms with Gasteiger partial charge < -0.3 is 5.32 Å². The van der Waals surface area contributed by atoms with E-state index in [0.717, 1.165) is 22.5 Å². The minimum atomic E-state index is -0.439. The maximum Gasteiger partial charge on any atom is 0.324 e. The molecule has 0 amide bonds. The van der Waals surface area contributed by atoms with Gasteiger partial charge in [-0.15, -0.1) is 0 Å². The number of nitrogens with zero attached hydrogens (tertiary/aromatic N) is 2. The summed E-state index contributed by atoms with van der Waals surface area (Å²) in [6, 6.07) is 7.88. The standard InChI is InChI=1S/C12H11N3O4S/c16-14(17)11-3-1-2-9(4-11)6-13-7-10-5-12(15(18)19)20-8-10/h1-5,8,13H,6-7H2. The van der Waals surface area contributed by atoms with Gasteiger partial charge in [-0.1, -0.05) is 23.5 Å². The van der Waals surface area contributed by atoms with E-state index in [0.29, 0.717) is 13.1 Å². The van der Waals surface area contributed by atoms with Gasteiger partial charge in [0.1, 0.15) is 0 Å². The van der Waals surface area contributed by atoms with Crippen LogP contribution in [0.4, 0.5) is 10.7 Å². The van der Waals surface area contributed by atoms with Gasteiger partial charge in [0.25, 0.3) is 5.69 Å². The van der Waals surface area contributed by atoms with Gasteiger partial charge >= 0.3 is 5.00 Å². The second-order valence-corrected chi connectivity index (χ2v) is 4.97. The van der Waals surface area contributed by atoms with Crippen molar-refractivity contribution in [2.24, 2.45) is 0 Å². The molecule has 1 N–H and O–H groups in total. The molecular weight excluding hydrogens is 282 g/mol. The molecule has 0 radical (unpaired) electrons. The summed E-state index contributed by atoms with van der Waals surface area (Å²) in [7, 11) is 0. The zero-order valence-electron chi connectivity index (χ0n) is 10.3. The Morgan fingerprint density at radius 1 is 1.05 bits per heavy atom. The fraction of sp³-hybridized carbons (Fsp3) is 0.167. The molecule has 0 atom stereocenters. The molecule has 0 saturated heterocycles. The van der Waals surface area contributed by atoms with Gasteiger partial charge in [-0.2, -0.15) is 0 Å². The summed E-state index contributed by atoms with van der Waals surface area (Å²) < 4.78 is 0. The van der Waals surface area contributed by atoms with Crippen LogP contribution in [0.3, 0.4) is 0 Å². The lowest BCUT2D eigenvalue weighted by Crippen LogP contribution is -2.12. The highest BCUT2D eigenvalue weighted by Crippen LogP contribution is 2.22. The number of nitrogens with one attached hydrogen (secondary N) is 1. The van der Waals surface area contributed by atoms with Crippen LogP contribution in [0.25, 0.3) is 0 Å². The summed E-state index contributed by atoms with van der Waals surface area (Å²) in [6.07, 6.45) is 0. The Kier molecular flexibility index (Phi) is 4.38. The largest absolute Gasteiger partial charge is 0.324 e. The van der Waals surface area contributed by atoms with Crippen molar-refractivity contribution in [1.29, 1.82) is 0 Å². The molecule has 2 aromatic rings. The second kappa shape index (κ2) is 6.22. The molecule has 20 heavy (non-hydrogen) atoms. The van der Waals surface area contributed by atoms with Crippen LogP contribution in [0.1, 0.15) is 11.1 Å². The molecule has 0 saturated carbocycles. The normalized spacial score (nSPS) is 10.4. The van der Waals surface area contributed by atoms with E-state index in [2.05, 4.69) is 5.32 Å². The van der Waals surface area contributed by atoms with E-state index in [1.54, 1.807) is 17.5 Å². The third-order valence-electron chi connectivity index (χ3n) is 2.60. The van der Waals surface area contributed by atoms with Crippen LogP contribution in [-0.4, -0.2) is 9.85 Å². The second-order valence-electron chi connectivity index (χ2n) is 4.08. The molecule has 0 fully saturated rings. The van der Waals surface area contributed by atoms with Gasteiger partial charge in [0, 0.05) is 36.7 Å². The fourth-order valence-electron chi connectivity index (χ4n) is 1.68. The summed E-state index contributed by atoms with van der Waals surface area (Å²) in [5, 5.41) is 26.1. The lowest BCUT2D eigenvalue weighted by Gasteiger charge is -2.03. The van der Waals surface area contributed by atoms with E-state index >= 15 is 0 Å². The maximum atomic E-state index is 10.6. The third kappa shape index (κ3) is 3.59. The summed E-state index contributed by atoms with van der Waals surface area (Å²) in [5.74, 6) is 0. The smallest absolute Gasteiger partial charge is 0.309 e. The summed E-state index contributed by atoms with van der Waals surface area (Å²) in [5.41, 5.74) is 1.67. The van der Waals surface area contributed by atoms with Gasteiger partial charge in [-0.3, -0.25) is 20.2 Å². The molecule has 1 heterocycles. The van der Waals surface area contributed by atoms with Crippen molar-refractivity contribution >= 4 is 22.0 Å². The predicted octanol–water partition coefficient (Wildman–Crippen LogP) is 2.85. The summed E-state index contributed by atoms with van der Waals surface area (Å²) >= 11 is 1.08. The molecule has 104 valence electrons. The highest BCUT2D eigenvalue weighted by molar-refractivity contribution is 7.13. The molecule has 0 spiro atoms. The van der Waals surface area contributed by atoms with Crippen LogP contribution < -0.4 is 5.32 Å². The van der Waals surface area contributed by atoms with Crippen LogP contribution in [0.5, 0.6) is 0 Å². The van der Waals surface area contributed by atoms with Crippen LogP contribution in [0, 0.1) is 20.2 Å². The summed E-state index contributed by atoms with van der Waals surface area (Å²) in [4.78, 5) is 20.3. The van der Waals surface area contributed by atoms with E-state index < -0.39 is 9.85 Å². The number of nitro groups is 2. The Balaban J connectivity index is 1.90. The van der Waals surface area contributed by atoms with Crippen molar-refractivity contribution in [3.8, 4) is 0 Å². The first kappa shape index (κ1) is 14.1. The molecule has 1 aromatic heterocycles. The Morgan fingerprint density at radius 2 is 1.80 bits per heavy atom. The van der Waals surface area contributed by atoms with E-state index in [-0.39, 0.29) is 10.7 Å². The average molecular weight is 293 g/mol. The van der Waals surface area contributed by atoms with Crippen LogP contribution in [0.15, 0.2) is 35.7 Å². The highest BCUT2D eigenvalue weighted by atomic mass is 32.1. The molecule has 8 heteroatoms. The highest BCUT2D eigenvalue weighted by Gasteiger charge is 2.09. The molecule has 0 bridgehead atoms. The minimum Gasteiger partial charge on any atom is -0.309 e. The van der Waals surface area contributed by atoms with Gasteiger partial charge in [0.15, 0.2) is 0 Å². The van der Waals surface area contributed by atoms with Gasteiger partial charge in [-0.25, -0.2) is 0 Å². The van der Waals surface area contributed by atoms with E-state index in [4.69, 9.17) is 0 Å². The van der Waals surface area contributed by atoms with Crippen molar-refractivity contribution in [1.82, 2.24) is 5.32 Å². The number of thiophene rings is 1. The molecular formula is C12H11N3O4S. The lowest BCUT2D eigenvalue weighted by atomic mass is 10.2. The Bertz CT molecular complexity index is 641. The predicted molar refractivity (Wildman–Crippen MR) is 74.6 cm³/mol. The number of hydrogen-bond donors (Lipinski definition) is 1. The van der Waals surface area contributed by atoms with Crippen molar-refractivity contribution in [2.45, 2.75) is 13.1 Å². The monoisotopic (exact) mass is 293 g/mol. The summed E-state index contributed by atoms with van der Waals surface area (Å²) in [6.45, 7) is 0.943. The van der Waals surface area contributed by atoms with Crippen molar-refractivity contribution < 1.29 is 9.85 Å². The first-order valence-electron chi connectivity index (χ1n) is 5.72. The van der Waals surface area contributed by atoms with Crippen molar-refractivity contribution in [2.75, 3.05) is 0 Å². The minimum absolute atomic E-state index is 0.0514. The Morgan fingerprint density at radius 3 is 2.45 bits per heavy atom. The molecule has 0 aliphatic heterocycles. The van der Waals surface area contributed by atoms with Crippen LogP contribution in [0.2, 0.25) is 0 Å². The lowest BCUT2D eigenvalue weighted by molar-refractivity contribution is -0.384. The van der Waals surface area contributed by atoms with Crippen molar-refractivity contribution in [3.05, 3.63) is 67.1 Å². The first-order valence-corrected chi connectivity index (χ1v) is 6.60. The number of nitro benzene ring substituents is 1. The molecule has 2 rings (SSSR count). The SMILES string of the molecule is O=[N+]([O-])c1cccc(CNCc2csc([N+](=O)[O-])c2)c1. The van der Waals surface area contributed by atoms with E-state index in [9.17, 15) is 20.2 Å². The first-order chi connectivity index (χ1) is 9.56. The fourth-order valence-corrected chi connectivity index (χ4v) is 2.41. The number of benzene rings is 1. The van der Waals surface area contributed by atoms with Gasteiger partial charge in [0.05, 0.1) is 9.85 Å². The maximum absolute atomic E-state index is 10.6. The molecule has 0 aliphatic rings. The molecule has 0 aliphatic carbocycles. The van der Waals surface area contributed by atoms with Crippen LogP contribution >= 0.6 is 11.3 Å². The topological polar surface area (TPSA) is 98.3 Å². The zero-order valence-corrected chi connectivity index (χ0v) is 11.1. The van der Waals surface area contributed by atoms with Gasteiger partial charge in [0.2, 0.25) is 0 Å². The number of non-ortho nitro benzene ring substituents is 1. The third-order valence-corrected chi connectivity index (χ3v) is 3.53. The van der Waals surface area contributed by atoms with E-state index in [1.807, 2.05) is 0 Å². The van der Waals surface area contributed by atoms with Crippen molar-refractivity contribution in [3.63, 3.8) is 0 Å². The van der Waals surface area contributed by atoms with Gasteiger partial charge in [-0.05, 0) is 11.1 Å². The molecule has 7 nitrogen and oxygen atoms in total. The average Bonchev–Trinajstić information content (AvgIpc) is 2.88. The Labute approximate surface area is 118 Å². The number of rotatable bonds is 6. The zero-order chi connectivity index (χ0) is 14.5. The van der Waals surface area contributed by atoms with Crippen LogP contribution in [-0.2, 0) is 13.1 Å². The molecule has 0 unspecified atom stereocenters. The molecule has 1 aromatic carbocycles. The van der Waals surface area contributed by atoms with E-state index in [1.165, 1.54) is 18.2 Å².